The van der Waals surface area contributed by atoms with Gasteiger partial charge in [0, 0.05) is 27.5 Å². The Hall–Kier alpha value is -3.70. The molecule has 5 nitrogen and oxygen atoms in total. The molecule has 0 saturated carbocycles. The lowest BCUT2D eigenvalue weighted by Crippen LogP contribution is -2.51. The van der Waals surface area contributed by atoms with Crippen molar-refractivity contribution in [1.82, 2.24) is 0 Å². The molecule has 3 aromatic carbocycles. The van der Waals surface area contributed by atoms with Crippen LogP contribution >= 0.6 is 11.6 Å². The number of allylic oxidation sites excluding steroid dienone is 1. The molecule has 6 heteroatoms. The molecule has 3 aromatic rings. The summed E-state index contributed by atoms with van der Waals surface area (Å²) in [6.07, 6.45) is 2.06. The van der Waals surface area contributed by atoms with Gasteiger partial charge in [-0.1, -0.05) is 47.5 Å². The summed E-state index contributed by atoms with van der Waals surface area (Å²) in [6.45, 7) is 5.57. The van der Waals surface area contributed by atoms with Crippen LogP contribution in [0.4, 0.5) is 11.4 Å². The largest absolute Gasteiger partial charge is 0.352 e. The molecule has 4 atom stereocenters. The summed E-state index contributed by atoms with van der Waals surface area (Å²) in [4.78, 5) is 43.9. The van der Waals surface area contributed by atoms with Gasteiger partial charge in [-0.3, -0.25) is 14.4 Å². The van der Waals surface area contributed by atoms with Crippen LogP contribution in [0.25, 0.3) is 5.57 Å². The fraction of sp³-hybridized carbons (Fsp3) is 0.233. The van der Waals surface area contributed by atoms with Crippen LogP contribution in [0.15, 0.2) is 72.8 Å². The number of carbonyl (C=O) groups is 3. The van der Waals surface area contributed by atoms with Gasteiger partial charge in [-0.2, -0.15) is 0 Å². The lowest BCUT2D eigenvalue weighted by molar-refractivity contribution is -0.122. The molecule has 0 radical (unpaired) electrons. The van der Waals surface area contributed by atoms with Gasteiger partial charge in [0.2, 0.25) is 5.91 Å². The molecule has 0 bridgehead atoms. The number of nitrogens with one attached hydrogen (secondary N) is 1. The monoisotopic (exact) mass is 496 g/mol. The van der Waals surface area contributed by atoms with E-state index in [2.05, 4.69) is 17.5 Å². The van der Waals surface area contributed by atoms with E-state index in [1.807, 2.05) is 55.1 Å². The lowest BCUT2D eigenvalue weighted by Gasteiger charge is -2.39. The highest BCUT2D eigenvalue weighted by Crippen LogP contribution is 2.58. The highest BCUT2D eigenvalue weighted by atomic mass is 35.5. The number of aryl methyl sites for hydroxylation is 1. The van der Waals surface area contributed by atoms with Crippen molar-refractivity contribution < 1.29 is 14.4 Å². The Bertz CT molecular complexity index is 1490. The Kier molecular flexibility index (Phi) is 4.99. The first-order chi connectivity index (χ1) is 17.2. The van der Waals surface area contributed by atoms with Gasteiger partial charge < -0.3 is 10.2 Å². The van der Waals surface area contributed by atoms with E-state index in [0.717, 1.165) is 28.0 Å². The lowest BCUT2D eigenvalue weighted by atomic mass is 9.64. The van der Waals surface area contributed by atoms with Gasteiger partial charge in [0.05, 0.1) is 18.0 Å². The summed E-state index contributed by atoms with van der Waals surface area (Å²) in [5.74, 6) is -1.58. The molecule has 0 unspecified atom stereocenters. The highest BCUT2D eigenvalue weighted by Gasteiger charge is 2.70. The van der Waals surface area contributed by atoms with Gasteiger partial charge in [-0.25, -0.2) is 0 Å². The van der Waals surface area contributed by atoms with Crippen molar-refractivity contribution in [3.63, 3.8) is 0 Å². The van der Waals surface area contributed by atoms with Crippen LogP contribution < -0.4 is 10.2 Å². The number of Topliss-reactive ketones (excluding diaryl/α,β-unsaturated/α-hetero) is 2. The summed E-state index contributed by atoms with van der Waals surface area (Å²) in [5, 5.41) is 3.55. The number of anilines is 2. The smallest absolute Gasteiger partial charge is 0.238 e. The molecule has 3 aliphatic heterocycles. The number of para-hydroxylation sites is 1. The molecule has 0 aliphatic carbocycles. The average Bonchev–Trinajstić information content (AvgIpc) is 3.32. The second kappa shape index (κ2) is 7.90. The van der Waals surface area contributed by atoms with Gasteiger partial charge >= 0.3 is 0 Å². The number of carbonyl (C=O) groups excluding carboxylic acids is 3. The minimum Gasteiger partial charge on any atom is -0.352 e. The Labute approximate surface area is 214 Å². The van der Waals surface area contributed by atoms with Gasteiger partial charge in [-0.15, -0.1) is 0 Å². The number of amides is 1. The zero-order valence-corrected chi connectivity index (χ0v) is 21.0. The quantitative estimate of drug-likeness (QED) is 0.479. The van der Waals surface area contributed by atoms with Crippen LogP contribution in [0.5, 0.6) is 0 Å². The molecule has 3 heterocycles. The number of rotatable bonds is 3. The molecule has 1 saturated heterocycles. The van der Waals surface area contributed by atoms with E-state index in [9.17, 15) is 14.4 Å². The molecule has 1 N–H and O–H groups in total. The molecule has 6 rings (SSSR count). The van der Waals surface area contributed by atoms with Gasteiger partial charge in [0.1, 0.15) is 5.41 Å². The van der Waals surface area contributed by atoms with Gasteiger partial charge in [0.15, 0.2) is 11.6 Å². The van der Waals surface area contributed by atoms with E-state index < -0.39 is 23.4 Å². The highest BCUT2D eigenvalue weighted by molar-refractivity contribution is 6.30. The average molecular weight is 497 g/mol. The van der Waals surface area contributed by atoms with E-state index in [1.54, 1.807) is 24.3 Å². The standard InChI is InChI=1S/C30H25ClN2O3/c1-16-8-13-24-21(14-16)17(2)15-25-30(22-6-4-5-7-23(22)32-29(30)36)26(27(18(3)34)33(24)25)28(35)19-9-11-20(31)12-10-19/h4-15,25-27H,1-3H3,(H,32,36)/t25-,26-,27-,30+/m1/s1. The number of nitrogens with zero attached hydrogens (tertiary/aromatic N) is 1. The fourth-order valence-electron chi connectivity index (χ4n) is 6.49. The normalized spacial score (nSPS) is 25.7. The Morgan fingerprint density at radius 2 is 1.72 bits per heavy atom. The topological polar surface area (TPSA) is 66.5 Å². The summed E-state index contributed by atoms with van der Waals surface area (Å²) in [5.41, 5.74) is 4.60. The second-order valence-electron chi connectivity index (χ2n) is 10.00. The predicted octanol–water partition coefficient (Wildman–Crippen LogP) is 5.60. The minimum atomic E-state index is -1.27. The molecule has 3 aliphatic rings. The first kappa shape index (κ1) is 22.7. The van der Waals surface area contributed by atoms with Crippen molar-refractivity contribution >= 4 is 46.0 Å². The Morgan fingerprint density at radius 3 is 2.44 bits per heavy atom. The van der Waals surface area contributed by atoms with Crippen LogP contribution in [0.1, 0.15) is 40.9 Å². The van der Waals surface area contributed by atoms with Crippen molar-refractivity contribution in [2.75, 3.05) is 10.2 Å². The fourth-order valence-corrected chi connectivity index (χ4v) is 6.62. The van der Waals surface area contributed by atoms with Gasteiger partial charge in [0.25, 0.3) is 0 Å². The summed E-state index contributed by atoms with van der Waals surface area (Å²) < 4.78 is 0. The van der Waals surface area contributed by atoms with E-state index >= 15 is 0 Å². The summed E-state index contributed by atoms with van der Waals surface area (Å²) >= 11 is 6.10. The number of hydrogen-bond acceptors (Lipinski definition) is 4. The van der Waals surface area contributed by atoms with Crippen LogP contribution in [-0.4, -0.2) is 29.6 Å². The number of fused-ring (bicyclic) bond motifs is 6. The molecule has 1 spiro atoms. The van der Waals surface area contributed by atoms with Crippen LogP contribution in [0.2, 0.25) is 5.02 Å². The molecule has 1 amide bonds. The minimum absolute atomic E-state index is 0.152. The van der Waals surface area contributed by atoms with Crippen LogP contribution in [0, 0.1) is 12.8 Å². The van der Waals surface area contributed by atoms with E-state index in [1.165, 1.54) is 6.92 Å². The third kappa shape index (κ3) is 2.93. The van der Waals surface area contributed by atoms with Crippen LogP contribution in [-0.2, 0) is 15.0 Å². The second-order valence-corrected chi connectivity index (χ2v) is 10.4. The summed E-state index contributed by atoms with van der Waals surface area (Å²) in [6, 6.07) is 19.0. The van der Waals surface area contributed by atoms with Crippen LogP contribution in [0.3, 0.4) is 0 Å². The van der Waals surface area contributed by atoms with E-state index in [-0.39, 0.29) is 17.5 Å². The molecule has 0 aromatic heterocycles. The number of hydrogen-bond donors (Lipinski definition) is 1. The zero-order valence-electron chi connectivity index (χ0n) is 20.2. The number of benzene rings is 3. The molecule has 180 valence electrons. The SMILES string of the molecule is CC(=O)[C@@H]1[C@H](C(=O)c2ccc(Cl)cc2)[C@@]2(C(=O)Nc3ccccc32)[C@H]2C=C(C)c3cc(C)ccc3N12. The number of ketones is 2. The van der Waals surface area contributed by atoms with Gasteiger partial charge in [-0.05, 0) is 74.4 Å². The first-order valence-corrected chi connectivity index (χ1v) is 12.4. The maximum Gasteiger partial charge on any atom is 0.238 e. The third-order valence-electron chi connectivity index (χ3n) is 7.96. The third-order valence-corrected chi connectivity index (χ3v) is 8.21. The Balaban J connectivity index is 1.68. The van der Waals surface area contributed by atoms with Crippen molar-refractivity contribution in [1.29, 1.82) is 0 Å². The first-order valence-electron chi connectivity index (χ1n) is 12.0. The molecule has 1 fully saturated rings. The summed E-state index contributed by atoms with van der Waals surface area (Å²) in [7, 11) is 0. The molecule has 36 heavy (non-hydrogen) atoms. The maximum atomic E-state index is 14.4. The molecular formula is C30H25ClN2O3. The number of halogens is 1. The van der Waals surface area contributed by atoms with Crippen molar-refractivity contribution in [2.45, 2.75) is 38.3 Å². The maximum absolute atomic E-state index is 14.4. The van der Waals surface area contributed by atoms with E-state index in [0.29, 0.717) is 16.3 Å². The van der Waals surface area contributed by atoms with Crippen molar-refractivity contribution in [3.8, 4) is 0 Å². The Morgan fingerprint density at radius 1 is 1.00 bits per heavy atom. The predicted molar refractivity (Wildman–Crippen MR) is 142 cm³/mol. The molecular weight excluding hydrogens is 472 g/mol. The van der Waals surface area contributed by atoms with Crippen molar-refractivity contribution in [3.05, 3.63) is 100 Å². The van der Waals surface area contributed by atoms with Crippen molar-refractivity contribution in [2.24, 2.45) is 5.92 Å². The zero-order chi connectivity index (χ0) is 25.4. The van der Waals surface area contributed by atoms with E-state index in [4.69, 9.17) is 11.6 Å².